The Hall–Kier alpha value is -1.35. The van der Waals surface area contributed by atoms with E-state index in [0.717, 1.165) is 37.6 Å². The maximum atomic E-state index is 4.63. The Morgan fingerprint density at radius 1 is 1.41 bits per heavy atom. The summed E-state index contributed by atoms with van der Waals surface area (Å²) in [6, 6.07) is 4.32. The summed E-state index contributed by atoms with van der Waals surface area (Å²) in [6.07, 6.45) is 2.86. The maximum Gasteiger partial charge on any atom is 0.129 e. The SMILES string of the molecule is C=CCN(C)c1cc(CNCC)cc(CC)n1. The third-order valence-corrected chi connectivity index (χ3v) is 2.66. The molecule has 0 aromatic carbocycles. The van der Waals surface area contributed by atoms with Gasteiger partial charge in [0.2, 0.25) is 0 Å². The predicted octanol–water partition coefficient (Wildman–Crippen LogP) is 2.38. The first kappa shape index (κ1) is 13.7. The lowest BCUT2D eigenvalue weighted by Crippen LogP contribution is -2.19. The van der Waals surface area contributed by atoms with Gasteiger partial charge in [0, 0.05) is 25.8 Å². The van der Waals surface area contributed by atoms with E-state index in [2.05, 4.69) is 47.8 Å². The lowest BCUT2D eigenvalue weighted by atomic mass is 10.2. The summed E-state index contributed by atoms with van der Waals surface area (Å²) in [4.78, 5) is 6.74. The Morgan fingerprint density at radius 2 is 2.18 bits per heavy atom. The summed E-state index contributed by atoms with van der Waals surface area (Å²) in [5.74, 6) is 1.03. The molecule has 0 fully saturated rings. The first-order chi connectivity index (χ1) is 8.21. The number of pyridine rings is 1. The molecule has 0 bridgehead atoms. The molecule has 0 aliphatic carbocycles. The van der Waals surface area contributed by atoms with E-state index in [-0.39, 0.29) is 0 Å². The summed E-state index contributed by atoms with van der Waals surface area (Å²) in [7, 11) is 2.04. The number of aromatic nitrogens is 1. The molecule has 17 heavy (non-hydrogen) atoms. The van der Waals surface area contributed by atoms with Crippen molar-refractivity contribution in [3.63, 3.8) is 0 Å². The number of hydrogen-bond acceptors (Lipinski definition) is 3. The van der Waals surface area contributed by atoms with Gasteiger partial charge in [-0.05, 0) is 30.7 Å². The normalized spacial score (nSPS) is 10.3. The summed E-state index contributed by atoms with van der Waals surface area (Å²) in [5, 5.41) is 3.35. The van der Waals surface area contributed by atoms with Gasteiger partial charge in [0.05, 0.1) is 0 Å². The van der Waals surface area contributed by atoms with Crippen LogP contribution in [-0.2, 0) is 13.0 Å². The third-order valence-electron chi connectivity index (χ3n) is 2.66. The predicted molar refractivity (Wildman–Crippen MR) is 74.5 cm³/mol. The molecule has 0 radical (unpaired) electrons. The van der Waals surface area contributed by atoms with Crippen molar-refractivity contribution >= 4 is 5.82 Å². The highest BCUT2D eigenvalue weighted by Gasteiger charge is 2.05. The molecule has 0 amide bonds. The zero-order valence-corrected chi connectivity index (χ0v) is 11.2. The van der Waals surface area contributed by atoms with Crippen molar-refractivity contribution in [2.24, 2.45) is 0 Å². The van der Waals surface area contributed by atoms with Gasteiger partial charge in [-0.15, -0.1) is 6.58 Å². The van der Waals surface area contributed by atoms with Crippen LogP contribution in [0.15, 0.2) is 24.8 Å². The number of anilines is 1. The fraction of sp³-hybridized carbons (Fsp3) is 0.500. The lowest BCUT2D eigenvalue weighted by molar-refractivity contribution is 0.723. The van der Waals surface area contributed by atoms with Gasteiger partial charge in [-0.1, -0.05) is 19.9 Å². The third kappa shape index (κ3) is 4.19. The van der Waals surface area contributed by atoms with Crippen molar-refractivity contribution < 1.29 is 0 Å². The molecule has 1 rings (SSSR count). The quantitative estimate of drug-likeness (QED) is 0.733. The Kier molecular flexibility index (Phi) is 5.70. The van der Waals surface area contributed by atoms with E-state index < -0.39 is 0 Å². The minimum Gasteiger partial charge on any atom is -0.356 e. The highest BCUT2D eigenvalue weighted by atomic mass is 15.2. The Balaban J connectivity index is 2.91. The number of aryl methyl sites for hydroxylation is 1. The molecular formula is C14H23N3. The van der Waals surface area contributed by atoms with E-state index in [4.69, 9.17) is 0 Å². The summed E-state index contributed by atoms with van der Waals surface area (Å²) in [6.45, 7) is 10.7. The largest absolute Gasteiger partial charge is 0.356 e. The van der Waals surface area contributed by atoms with Gasteiger partial charge in [-0.2, -0.15) is 0 Å². The van der Waals surface area contributed by atoms with Crippen LogP contribution < -0.4 is 10.2 Å². The second-order valence-electron chi connectivity index (χ2n) is 4.13. The molecule has 0 unspecified atom stereocenters. The molecule has 0 saturated carbocycles. The fourth-order valence-corrected chi connectivity index (χ4v) is 1.67. The summed E-state index contributed by atoms with van der Waals surface area (Å²) < 4.78 is 0. The van der Waals surface area contributed by atoms with E-state index >= 15 is 0 Å². The monoisotopic (exact) mass is 233 g/mol. The number of nitrogens with zero attached hydrogens (tertiary/aromatic N) is 2. The van der Waals surface area contributed by atoms with Gasteiger partial charge in [0.25, 0.3) is 0 Å². The van der Waals surface area contributed by atoms with Crippen LogP contribution in [0.2, 0.25) is 0 Å². The lowest BCUT2D eigenvalue weighted by Gasteiger charge is -2.18. The minimum atomic E-state index is 0.820. The van der Waals surface area contributed by atoms with E-state index in [1.54, 1.807) is 0 Å². The first-order valence-corrected chi connectivity index (χ1v) is 6.23. The van der Waals surface area contributed by atoms with Crippen LogP contribution in [-0.4, -0.2) is 25.1 Å². The van der Waals surface area contributed by atoms with Gasteiger partial charge in [-0.25, -0.2) is 4.98 Å². The van der Waals surface area contributed by atoms with Gasteiger partial charge in [0.1, 0.15) is 5.82 Å². The zero-order chi connectivity index (χ0) is 12.7. The van der Waals surface area contributed by atoms with Gasteiger partial charge < -0.3 is 10.2 Å². The number of rotatable bonds is 7. The highest BCUT2D eigenvalue weighted by molar-refractivity contribution is 5.42. The molecule has 0 aliphatic heterocycles. The standard InChI is InChI=1S/C14H23N3/c1-5-8-17(4)14-10-12(11-15-7-3)9-13(6-2)16-14/h5,9-10,15H,1,6-8,11H2,2-4H3. The maximum absolute atomic E-state index is 4.63. The fourth-order valence-electron chi connectivity index (χ4n) is 1.67. The molecule has 1 heterocycles. The molecule has 3 nitrogen and oxygen atoms in total. The second-order valence-corrected chi connectivity index (χ2v) is 4.13. The van der Waals surface area contributed by atoms with Crippen molar-refractivity contribution in [1.82, 2.24) is 10.3 Å². The van der Waals surface area contributed by atoms with Crippen molar-refractivity contribution in [2.75, 3.05) is 25.0 Å². The van der Waals surface area contributed by atoms with E-state index in [1.165, 1.54) is 5.56 Å². The van der Waals surface area contributed by atoms with Gasteiger partial charge >= 0.3 is 0 Å². The van der Waals surface area contributed by atoms with Crippen LogP contribution in [0.1, 0.15) is 25.1 Å². The molecule has 1 aromatic heterocycles. The van der Waals surface area contributed by atoms with E-state index in [9.17, 15) is 0 Å². The number of nitrogens with one attached hydrogen (secondary N) is 1. The Morgan fingerprint density at radius 3 is 2.76 bits per heavy atom. The highest BCUT2D eigenvalue weighted by Crippen LogP contribution is 2.14. The molecule has 94 valence electrons. The van der Waals surface area contributed by atoms with Gasteiger partial charge in [-0.3, -0.25) is 0 Å². The van der Waals surface area contributed by atoms with E-state index in [0.29, 0.717) is 0 Å². The van der Waals surface area contributed by atoms with Crippen molar-refractivity contribution in [2.45, 2.75) is 26.8 Å². The molecule has 0 aliphatic rings. The molecule has 1 aromatic rings. The van der Waals surface area contributed by atoms with Crippen LogP contribution >= 0.6 is 0 Å². The van der Waals surface area contributed by atoms with E-state index in [1.807, 2.05) is 13.1 Å². The average Bonchev–Trinajstić information content (AvgIpc) is 2.36. The van der Waals surface area contributed by atoms with Crippen LogP contribution in [0.3, 0.4) is 0 Å². The van der Waals surface area contributed by atoms with Crippen molar-refractivity contribution in [3.8, 4) is 0 Å². The van der Waals surface area contributed by atoms with Crippen LogP contribution in [0.5, 0.6) is 0 Å². The smallest absolute Gasteiger partial charge is 0.129 e. The zero-order valence-electron chi connectivity index (χ0n) is 11.2. The molecule has 1 N–H and O–H groups in total. The summed E-state index contributed by atoms with van der Waals surface area (Å²) in [5.41, 5.74) is 2.44. The second kappa shape index (κ2) is 7.07. The number of hydrogen-bond donors (Lipinski definition) is 1. The Labute approximate surface area is 105 Å². The van der Waals surface area contributed by atoms with Crippen molar-refractivity contribution in [1.29, 1.82) is 0 Å². The summed E-state index contributed by atoms with van der Waals surface area (Å²) >= 11 is 0. The van der Waals surface area contributed by atoms with Crippen LogP contribution in [0.4, 0.5) is 5.82 Å². The minimum absolute atomic E-state index is 0.820. The first-order valence-electron chi connectivity index (χ1n) is 6.23. The van der Waals surface area contributed by atoms with Crippen LogP contribution in [0, 0.1) is 0 Å². The Bertz CT molecular complexity index is 360. The van der Waals surface area contributed by atoms with Crippen molar-refractivity contribution in [3.05, 3.63) is 36.0 Å². The van der Waals surface area contributed by atoms with Gasteiger partial charge in [0.15, 0.2) is 0 Å². The topological polar surface area (TPSA) is 28.2 Å². The molecule has 0 atom stereocenters. The molecule has 0 spiro atoms. The average molecular weight is 233 g/mol. The molecular weight excluding hydrogens is 210 g/mol. The molecule has 0 saturated heterocycles. The molecule has 3 heteroatoms. The number of likely N-dealkylation sites (N-methyl/N-ethyl adjacent to an activating group) is 1. The van der Waals surface area contributed by atoms with Crippen LogP contribution in [0.25, 0.3) is 0 Å².